The molecule has 2 aromatic rings. The van der Waals surface area contributed by atoms with Crippen molar-refractivity contribution in [2.75, 3.05) is 20.8 Å². The van der Waals surface area contributed by atoms with E-state index in [1.807, 2.05) is 31.2 Å². The summed E-state index contributed by atoms with van der Waals surface area (Å²) < 4.78 is 37.6. The van der Waals surface area contributed by atoms with E-state index in [1.165, 1.54) is 25.3 Å². The molecule has 0 saturated heterocycles. The molecule has 27 heavy (non-hydrogen) atoms. The Bertz CT molecular complexity index is 912. The van der Waals surface area contributed by atoms with Gasteiger partial charge in [-0.15, -0.1) is 0 Å². The summed E-state index contributed by atoms with van der Waals surface area (Å²) in [6.45, 7) is 3.73. The zero-order valence-corrected chi connectivity index (χ0v) is 16.6. The van der Waals surface area contributed by atoms with Gasteiger partial charge in [-0.3, -0.25) is 4.79 Å². The minimum atomic E-state index is -3.78. The number of carbonyl (C=O) groups is 1. The van der Waals surface area contributed by atoms with Crippen molar-refractivity contribution in [3.05, 3.63) is 53.6 Å². The first kappa shape index (κ1) is 20.7. The molecule has 0 aromatic heterocycles. The first-order valence-electron chi connectivity index (χ1n) is 8.45. The van der Waals surface area contributed by atoms with Crippen molar-refractivity contribution in [2.45, 2.75) is 24.8 Å². The van der Waals surface area contributed by atoms with Crippen LogP contribution in [0.3, 0.4) is 0 Å². The first-order chi connectivity index (χ1) is 12.8. The quantitative estimate of drug-likeness (QED) is 0.720. The standard InChI is InChI=1S/C19H24N2O5S/c1-5-20-27(23,24)18-12-14(10-11-17(18)26-4)19(22)21-13(2)15-8-6-7-9-16(15)25-3/h6-13,20H,5H2,1-4H3,(H,21,22). The van der Waals surface area contributed by atoms with Crippen LogP contribution in [0.15, 0.2) is 47.4 Å². The van der Waals surface area contributed by atoms with Gasteiger partial charge in [-0.05, 0) is 31.2 Å². The van der Waals surface area contributed by atoms with Gasteiger partial charge in [-0.1, -0.05) is 25.1 Å². The molecule has 0 saturated carbocycles. The average Bonchev–Trinajstić information content (AvgIpc) is 2.67. The molecule has 8 heteroatoms. The number of hydrogen-bond donors (Lipinski definition) is 2. The van der Waals surface area contributed by atoms with E-state index in [9.17, 15) is 13.2 Å². The lowest BCUT2D eigenvalue weighted by atomic mass is 10.1. The molecule has 2 N–H and O–H groups in total. The summed E-state index contributed by atoms with van der Waals surface area (Å²) >= 11 is 0. The van der Waals surface area contributed by atoms with Gasteiger partial charge in [0.2, 0.25) is 10.0 Å². The van der Waals surface area contributed by atoms with E-state index >= 15 is 0 Å². The second kappa shape index (κ2) is 8.88. The smallest absolute Gasteiger partial charge is 0.251 e. The summed E-state index contributed by atoms with van der Waals surface area (Å²) in [5, 5.41) is 2.86. The van der Waals surface area contributed by atoms with Crippen LogP contribution in [0, 0.1) is 0 Å². The Hall–Kier alpha value is -2.58. The topological polar surface area (TPSA) is 93.7 Å². The second-order valence-corrected chi connectivity index (χ2v) is 7.54. The zero-order valence-electron chi connectivity index (χ0n) is 15.8. The summed E-state index contributed by atoms with van der Waals surface area (Å²) in [4.78, 5) is 12.6. The summed E-state index contributed by atoms with van der Waals surface area (Å²) in [5.74, 6) is 0.435. The van der Waals surface area contributed by atoms with Crippen LogP contribution >= 0.6 is 0 Å². The average molecular weight is 392 g/mol. The highest BCUT2D eigenvalue weighted by atomic mass is 32.2. The van der Waals surface area contributed by atoms with Gasteiger partial charge in [0, 0.05) is 17.7 Å². The van der Waals surface area contributed by atoms with Crippen molar-refractivity contribution in [3.8, 4) is 11.5 Å². The van der Waals surface area contributed by atoms with Crippen molar-refractivity contribution < 1.29 is 22.7 Å². The van der Waals surface area contributed by atoms with E-state index in [2.05, 4.69) is 10.0 Å². The number of amides is 1. The number of sulfonamides is 1. The van der Waals surface area contributed by atoms with E-state index in [4.69, 9.17) is 9.47 Å². The summed E-state index contributed by atoms with van der Waals surface area (Å²) in [5.41, 5.74) is 1.04. The maximum absolute atomic E-state index is 12.7. The van der Waals surface area contributed by atoms with Gasteiger partial charge in [0.05, 0.1) is 20.3 Å². The number of rotatable bonds is 8. The first-order valence-corrected chi connectivity index (χ1v) is 9.93. The molecule has 7 nitrogen and oxygen atoms in total. The van der Waals surface area contributed by atoms with Crippen LogP contribution in [0.5, 0.6) is 11.5 Å². The molecular formula is C19H24N2O5S. The number of hydrogen-bond acceptors (Lipinski definition) is 5. The van der Waals surface area contributed by atoms with Crippen LogP contribution in [0.25, 0.3) is 0 Å². The lowest BCUT2D eigenvalue weighted by Gasteiger charge is -2.18. The molecule has 146 valence electrons. The molecule has 1 atom stereocenters. The third kappa shape index (κ3) is 4.78. The van der Waals surface area contributed by atoms with E-state index in [0.29, 0.717) is 5.75 Å². The largest absolute Gasteiger partial charge is 0.496 e. The fourth-order valence-electron chi connectivity index (χ4n) is 2.68. The Labute approximate surface area is 159 Å². The molecule has 2 aromatic carbocycles. The van der Waals surface area contributed by atoms with Crippen molar-refractivity contribution in [2.24, 2.45) is 0 Å². The van der Waals surface area contributed by atoms with E-state index in [-0.39, 0.29) is 28.8 Å². The Morgan fingerprint density at radius 2 is 1.74 bits per heavy atom. The Morgan fingerprint density at radius 3 is 2.37 bits per heavy atom. The monoisotopic (exact) mass is 392 g/mol. The lowest BCUT2D eigenvalue weighted by Crippen LogP contribution is -2.28. The Balaban J connectivity index is 2.31. The van der Waals surface area contributed by atoms with Gasteiger partial charge >= 0.3 is 0 Å². The van der Waals surface area contributed by atoms with Gasteiger partial charge < -0.3 is 14.8 Å². The second-order valence-electron chi connectivity index (χ2n) is 5.80. The van der Waals surface area contributed by atoms with Crippen LogP contribution in [0.4, 0.5) is 0 Å². The SMILES string of the molecule is CCNS(=O)(=O)c1cc(C(=O)NC(C)c2ccccc2OC)ccc1OC. The maximum atomic E-state index is 12.7. The molecule has 0 aliphatic carbocycles. The Morgan fingerprint density at radius 1 is 1.07 bits per heavy atom. The van der Waals surface area contributed by atoms with Crippen molar-refractivity contribution in [1.29, 1.82) is 0 Å². The molecule has 0 spiro atoms. The minimum Gasteiger partial charge on any atom is -0.496 e. The summed E-state index contributed by atoms with van der Waals surface area (Å²) in [6.07, 6.45) is 0. The molecule has 0 fully saturated rings. The van der Waals surface area contributed by atoms with Gasteiger partial charge in [0.25, 0.3) is 5.91 Å². The number of benzene rings is 2. The summed E-state index contributed by atoms with van der Waals surface area (Å²) in [6, 6.07) is 11.3. The zero-order chi connectivity index (χ0) is 20.0. The van der Waals surface area contributed by atoms with Crippen LogP contribution in [-0.4, -0.2) is 35.1 Å². The molecule has 1 amide bonds. The van der Waals surface area contributed by atoms with E-state index < -0.39 is 15.9 Å². The van der Waals surface area contributed by atoms with Gasteiger partial charge in [0.15, 0.2) is 0 Å². The van der Waals surface area contributed by atoms with Crippen LogP contribution in [-0.2, 0) is 10.0 Å². The maximum Gasteiger partial charge on any atom is 0.251 e. The Kier molecular flexibility index (Phi) is 6.81. The molecule has 1 unspecified atom stereocenters. The highest BCUT2D eigenvalue weighted by Crippen LogP contribution is 2.27. The van der Waals surface area contributed by atoms with Crippen LogP contribution in [0.1, 0.15) is 35.8 Å². The van der Waals surface area contributed by atoms with E-state index in [0.717, 1.165) is 5.56 Å². The fourth-order valence-corrected chi connectivity index (χ4v) is 3.91. The van der Waals surface area contributed by atoms with E-state index in [1.54, 1.807) is 14.0 Å². The number of ether oxygens (including phenoxy) is 2. The van der Waals surface area contributed by atoms with Crippen molar-refractivity contribution in [3.63, 3.8) is 0 Å². The number of para-hydroxylation sites is 1. The number of carbonyl (C=O) groups excluding carboxylic acids is 1. The van der Waals surface area contributed by atoms with Crippen LogP contribution in [0.2, 0.25) is 0 Å². The predicted octanol–water partition coefficient (Wildman–Crippen LogP) is 2.49. The predicted molar refractivity (Wildman–Crippen MR) is 103 cm³/mol. The molecule has 0 aliphatic rings. The third-order valence-electron chi connectivity index (χ3n) is 4.00. The van der Waals surface area contributed by atoms with Gasteiger partial charge in [0.1, 0.15) is 16.4 Å². The van der Waals surface area contributed by atoms with Crippen LogP contribution < -0.4 is 19.5 Å². The molecule has 0 aliphatic heterocycles. The number of methoxy groups -OCH3 is 2. The van der Waals surface area contributed by atoms with Crippen molar-refractivity contribution in [1.82, 2.24) is 10.0 Å². The van der Waals surface area contributed by atoms with Crippen molar-refractivity contribution >= 4 is 15.9 Å². The third-order valence-corrected chi connectivity index (χ3v) is 5.57. The van der Waals surface area contributed by atoms with Gasteiger partial charge in [-0.2, -0.15) is 0 Å². The number of nitrogens with one attached hydrogen (secondary N) is 2. The molecular weight excluding hydrogens is 368 g/mol. The molecule has 0 radical (unpaired) electrons. The summed E-state index contributed by atoms with van der Waals surface area (Å²) in [7, 11) is -0.832. The fraction of sp³-hybridized carbons (Fsp3) is 0.316. The highest BCUT2D eigenvalue weighted by Gasteiger charge is 2.22. The van der Waals surface area contributed by atoms with Gasteiger partial charge in [-0.25, -0.2) is 13.1 Å². The molecule has 2 rings (SSSR count). The highest BCUT2D eigenvalue weighted by molar-refractivity contribution is 7.89. The normalized spacial score (nSPS) is 12.3. The molecule has 0 heterocycles. The minimum absolute atomic E-state index is 0.0792. The lowest BCUT2D eigenvalue weighted by molar-refractivity contribution is 0.0939. The molecule has 0 bridgehead atoms.